The van der Waals surface area contributed by atoms with Crippen LogP contribution < -0.4 is 5.32 Å². The minimum Gasteiger partial charge on any atom is -0.310 e. The molecule has 1 aromatic carbocycles. The zero-order valence-corrected chi connectivity index (χ0v) is 11.3. The van der Waals surface area contributed by atoms with Gasteiger partial charge in [-0.2, -0.15) is 13.2 Å². The highest BCUT2D eigenvalue weighted by Gasteiger charge is 2.30. The van der Waals surface area contributed by atoms with Crippen molar-refractivity contribution < 1.29 is 13.2 Å². The fourth-order valence-electron chi connectivity index (χ4n) is 1.92. The number of rotatable bonds is 6. The predicted octanol–water partition coefficient (Wildman–Crippen LogP) is 4.71. The first kappa shape index (κ1) is 15.8. The van der Waals surface area contributed by atoms with Gasteiger partial charge in [-0.05, 0) is 37.1 Å². The molecule has 0 aliphatic heterocycles. The normalized spacial score (nSPS) is 13.3. The van der Waals surface area contributed by atoms with Gasteiger partial charge in [0, 0.05) is 6.04 Å². The lowest BCUT2D eigenvalue weighted by molar-refractivity contribution is -0.137. The third-order valence-electron chi connectivity index (χ3n) is 3.06. The number of halogens is 3. The molecular formula is C15H20F3N. The van der Waals surface area contributed by atoms with Crippen LogP contribution in [-0.4, -0.2) is 6.54 Å². The SMILES string of the molecule is C=C(CC)CC(NCC)c1cccc(C(F)(F)F)c1. The summed E-state index contributed by atoms with van der Waals surface area (Å²) in [6.07, 6.45) is -2.80. The summed E-state index contributed by atoms with van der Waals surface area (Å²) >= 11 is 0. The third-order valence-corrected chi connectivity index (χ3v) is 3.06. The maximum atomic E-state index is 12.7. The van der Waals surface area contributed by atoms with E-state index >= 15 is 0 Å². The summed E-state index contributed by atoms with van der Waals surface area (Å²) in [6.45, 7) is 8.57. The molecule has 0 saturated carbocycles. The second kappa shape index (κ2) is 6.75. The van der Waals surface area contributed by atoms with E-state index in [0.717, 1.165) is 18.1 Å². The van der Waals surface area contributed by atoms with Crippen molar-refractivity contribution in [1.29, 1.82) is 0 Å². The van der Waals surface area contributed by atoms with Crippen molar-refractivity contribution in [3.8, 4) is 0 Å². The third kappa shape index (κ3) is 4.71. The largest absolute Gasteiger partial charge is 0.416 e. The monoisotopic (exact) mass is 271 g/mol. The fraction of sp³-hybridized carbons (Fsp3) is 0.467. The first-order valence-electron chi connectivity index (χ1n) is 6.45. The molecule has 0 spiro atoms. The molecule has 1 rings (SSSR count). The second-order valence-electron chi connectivity index (χ2n) is 4.54. The molecule has 19 heavy (non-hydrogen) atoms. The molecule has 0 saturated heterocycles. The summed E-state index contributed by atoms with van der Waals surface area (Å²) in [7, 11) is 0. The van der Waals surface area contributed by atoms with Gasteiger partial charge in [0.05, 0.1) is 5.56 Å². The standard InChI is InChI=1S/C15H20F3N/c1-4-11(3)9-14(19-5-2)12-7-6-8-13(10-12)15(16,17)18/h6-8,10,14,19H,3-5,9H2,1-2H3. The van der Waals surface area contributed by atoms with Crippen molar-refractivity contribution in [3.05, 3.63) is 47.5 Å². The summed E-state index contributed by atoms with van der Waals surface area (Å²) < 4.78 is 38.1. The molecule has 0 heterocycles. The minimum atomic E-state index is -4.30. The van der Waals surface area contributed by atoms with Gasteiger partial charge in [-0.25, -0.2) is 0 Å². The van der Waals surface area contributed by atoms with Crippen molar-refractivity contribution >= 4 is 0 Å². The minimum absolute atomic E-state index is 0.111. The van der Waals surface area contributed by atoms with Crippen LogP contribution in [0.2, 0.25) is 0 Å². The molecule has 1 atom stereocenters. The van der Waals surface area contributed by atoms with E-state index in [-0.39, 0.29) is 6.04 Å². The van der Waals surface area contributed by atoms with E-state index in [1.807, 2.05) is 13.8 Å². The second-order valence-corrected chi connectivity index (χ2v) is 4.54. The van der Waals surface area contributed by atoms with Crippen molar-refractivity contribution in [3.63, 3.8) is 0 Å². The maximum Gasteiger partial charge on any atom is 0.416 e. The molecule has 106 valence electrons. The van der Waals surface area contributed by atoms with Crippen LogP contribution in [-0.2, 0) is 6.18 Å². The molecule has 1 unspecified atom stereocenters. The summed E-state index contributed by atoms with van der Waals surface area (Å²) in [4.78, 5) is 0. The van der Waals surface area contributed by atoms with E-state index in [2.05, 4.69) is 11.9 Å². The lowest BCUT2D eigenvalue weighted by Crippen LogP contribution is -2.21. The topological polar surface area (TPSA) is 12.0 Å². The zero-order valence-electron chi connectivity index (χ0n) is 11.3. The van der Waals surface area contributed by atoms with Crippen molar-refractivity contribution in [1.82, 2.24) is 5.32 Å². The van der Waals surface area contributed by atoms with Crippen LogP contribution in [0.1, 0.15) is 43.9 Å². The molecule has 0 aliphatic carbocycles. The molecule has 0 amide bonds. The van der Waals surface area contributed by atoms with Gasteiger partial charge in [0.1, 0.15) is 0 Å². The van der Waals surface area contributed by atoms with Gasteiger partial charge >= 0.3 is 6.18 Å². The number of alkyl halides is 3. The fourth-order valence-corrected chi connectivity index (χ4v) is 1.92. The summed E-state index contributed by atoms with van der Waals surface area (Å²) in [5.41, 5.74) is 1.09. The van der Waals surface area contributed by atoms with Gasteiger partial charge in [0.2, 0.25) is 0 Å². The Bertz CT molecular complexity index is 424. The van der Waals surface area contributed by atoms with E-state index in [4.69, 9.17) is 0 Å². The van der Waals surface area contributed by atoms with Crippen molar-refractivity contribution in [2.75, 3.05) is 6.54 Å². The molecule has 0 bridgehead atoms. The molecule has 1 aromatic rings. The molecule has 0 aromatic heterocycles. The molecule has 4 heteroatoms. The molecular weight excluding hydrogens is 251 g/mol. The van der Waals surface area contributed by atoms with Crippen LogP contribution in [0.15, 0.2) is 36.4 Å². The van der Waals surface area contributed by atoms with Gasteiger partial charge in [0.15, 0.2) is 0 Å². The Hall–Kier alpha value is -1.29. The highest BCUT2D eigenvalue weighted by Crippen LogP contribution is 2.32. The first-order chi connectivity index (χ1) is 8.88. The average molecular weight is 271 g/mol. The van der Waals surface area contributed by atoms with E-state index in [1.54, 1.807) is 6.07 Å². The molecule has 0 aliphatic rings. The van der Waals surface area contributed by atoms with Gasteiger partial charge < -0.3 is 5.32 Å². The van der Waals surface area contributed by atoms with Crippen LogP contribution in [0.3, 0.4) is 0 Å². The van der Waals surface area contributed by atoms with Gasteiger partial charge in [-0.1, -0.05) is 38.1 Å². The average Bonchev–Trinajstić information content (AvgIpc) is 2.37. The lowest BCUT2D eigenvalue weighted by atomic mass is 9.97. The van der Waals surface area contributed by atoms with Crippen LogP contribution >= 0.6 is 0 Å². The quantitative estimate of drug-likeness (QED) is 0.739. The summed E-state index contributed by atoms with van der Waals surface area (Å²) in [5, 5.41) is 3.21. The van der Waals surface area contributed by atoms with Gasteiger partial charge in [-0.3, -0.25) is 0 Å². The highest BCUT2D eigenvalue weighted by atomic mass is 19.4. The molecule has 1 nitrogen and oxygen atoms in total. The Labute approximate surface area is 112 Å². The van der Waals surface area contributed by atoms with Crippen LogP contribution in [0.5, 0.6) is 0 Å². The van der Waals surface area contributed by atoms with Crippen molar-refractivity contribution in [2.45, 2.75) is 38.9 Å². The summed E-state index contributed by atoms with van der Waals surface area (Å²) in [6, 6.07) is 5.39. The number of hydrogen-bond acceptors (Lipinski definition) is 1. The number of hydrogen-bond donors (Lipinski definition) is 1. The maximum absolute atomic E-state index is 12.7. The predicted molar refractivity (Wildman–Crippen MR) is 71.9 cm³/mol. The molecule has 0 fully saturated rings. The van der Waals surface area contributed by atoms with Crippen molar-refractivity contribution in [2.24, 2.45) is 0 Å². The van der Waals surface area contributed by atoms with E-state index in [9.17, 15) is 13.2 Å². The van der Waals surface area contributed by atoms with Gasteiger partial charge in [0.25, 0.3) is 0 Å². The van der Waals surface area contributed by atoms with Crippen LogP contribution in [0.4, 0.5) is 13.2 Å². The Kier molecular flexibility index (Phi) is 5.60. The molecule has 1 N–H and O–H groups in total. The smallest absolute Gasteiger partial charge is 0.310 e. The Morgan fingerprint density at radius 1 is 1.32 bits per heavy atom. The highest BCUT2D eigenvalue weighted by molar-refractivity contribution is 5.28. The van der Waals surface area contributed by atoms with Gasteiger partial charge in [-0.15, -0.1) is 0 Å². The molecule has 0 radical (unpaired) electrons. The van der Waals surface area contributed by atoms with Crippen LogP contribution in [0.25, 0.3) is 0 Å². The Morgan fingerprint density at radius 2 is 2.00 bits per heavy atom. The summed E-state index contributed by atoms with van der Waals surface area (Å²) in [5.74, 6) is 0. The van der Waals surface area contributed by atoms with Crippen LogP contribution in [0, 0.1) is 0 Å². The lowest BCUT2D eigenvalue weighted by Gasteiger charge is -2.20. The van der Waals surface area contributed by atoms with E-state index in [1.165, 1.54) is 12.1 Å². The Morgan fingerprint density at radius 3 is 2.53 bits per heavy atom. The Balaban J connectivity index is 2.99. The number of nitrogens with one attached hydrogen (secondary N) is 1. The van der Waals surface area contributed by atoms with E-state index < -0.39 is 11.7 Å². The number of benzene rings is 1. The zero-order chi connectivity index (χ0) is 14.5. The first-order valence-corrected chi connectivity index (χ1v) is 6.45. The van der Waals surface area contributed by atoms with E-state index in [0.29, 0.717) is 18.5 Å².